The lowest BCUT2D eigenvalue weighted by Gasteiger charge is -2.37. The van der Waals surface area contributed by atoms with Gasteiger partial charge in [-0.25, -0.2) is 4.98 Å². The molecule has 0 aliphatic carbocycles. The van der Waals surface area contributed by atoms with E-state index in [0.717, 1.165) is 51.1 Å². The molecule has 2 aliphatic heterocycles. The summed E-state index contributed by atoms with van der Waals surface area (Å²) in [6.45, 7) is 7.51. The molecular formula is C15H23N3O. The number of aromatic nitrogens is 1. The van der Waals surface area contributed by atoms with Crippen molar-refractivity contribution in [2.75, 3.05) is 50.8 Å². The van der Waals surface area contributed by atoms with E-state index in [4.69, 9.17) is 4.74 Å². The summed E-state index contributed by atoms with van der Waals surface area (Å²) in [5.41, 5.74) is 0. The minimum Gasteiger partial charge on any atom is -0.379 e. The molecule has 19 heavy (non-hydrogen) atoms. The summed E-state index contributed by atoms with van der Waals surface area (Å²) in [6, 6.07) is 6.18. The molecule has 104 valence electrons. The largest absolute Gasteiger partial charge is 0.379 e. The number of ether oxygens (including phenoxy) is 1. The van der Waals surface area contributed by atoms with Crippen molar-refractivity contribution >= 4 is 5.82 Å². The second kappa shape index (κ2) is 6.35. The highest BCUT2D eigenvalue weighted by atomic mass is 16.5. The molecule has 3 heterocycles. The predicted octanol–water partition coefficient (Wildman–Crippen LogP) is 1.63. The highest BCUT2D eigenvalue weighted by Gasteiger charge is 2.23. The molecule has 0 saturated carbocycles. The van der Waals surface area contributed by atoms with Crippen LogP contribution in [0.25, 0.3) is 0 Å². The van der Waals surface area contributed by atoms with Crippen molar-refractivity contribution < 1.29 is 4.74 Å². The summed E-state index contributed by atoms with van der Waals surface area (Å²) >= 11 is 0. The highest BCUT2D eigenvalue weighted by molar-refractivity contribution is 5.38. The first-order valence-corrected chi connectivity index (χ1v) is 7.38. The summed E-state index contributed by atoms with van der Waals surface area (Å²) in [5.74, 6) is 1.91. The van der Waals surface area contributed by atoms with Gasteiger partial charge in [0.1, 0.15) is 5.82 Å². The van der Waals surface area contributed by atoms with E-state index >= 15 is 0 Å². The number of hydrogen-bond acceptors (Lipinski definition) is 4. The maximum absolute atomic E-state index is 5.42. The zero-order valence-electron chi connectivity index (χ0n) is 11.5. The van der Waals surface area contributed by atoms with Gasteiger partial charge >= 0.3 is 0 Å². The van der Waals surface area contributed by atoms with E-state index in [0.29, 0.717) is 0 Å². The van der Waals surface area contributed by atoms with Crippen LogP contribution in [0, 0.1) is 5.92 Å². The van der Waals surface area contributed by atoms with Crippen LogP contribution in [0.3, 0.4) is 0 Å². The van der Waals surface area contributed by atoms with Gasteiger partial charge in [-0.15, -0.1) is 0 Å². The predicted molar refractivity (Wildman–Crippen MR) is 76.4 cm³/mol. The second-order valence-electron chi connectivity index (χ2n) is 5.56. The van der Waals surface area contributed by atoms with Crippen LogP contribution in [-0.4, -0.2) is 55.8 Å². The molecule has 4 nitrogen and oxygen atoms in total. The molecule has 0 radical (unpaired) electrons. The Morgan fingerprint density at radius 2 is 2.11 bits per heavy atom. The first kappa shape index (κ1) is 12.9. The van der Waals surface area contributed by atoms with Gasteiger partial charge in [0.2, 0.25) is 0 Å². The first-order chi connectivity index (χ1) is 9.42. The number of morpholine rings is 1. The van der Waals surface area contributed by atoms with Gasteiger partial charge in [-0.1, -0.05) is 6.07 Å². The molecule has 1 unspecified atom stereocenters. The molecule has 0 spiro atoms. The third kappa shape index (κ3) is 3.45. The van der Waals surface area contributed by atoms with Gasteiger partial charge in [-0.2, -0.15) is 0 Å². The first-order valence-electron chi connectivity index (χ1n) is 7.38. The standard InChI is InChI=1S/C15H23N3O/c1-2-6-16-15(5-1)18-7-3-4-14(13-18)12-17-8-10-19-11-9-17/h1-2,5-6,14H,3-4,7-13H2. The molecule has 0 amide bonds. The Morgan fingerprint density at radius 1 is 1.21 bits per heavy atom. The number of piperidine rings is 1. The van der Waals surface area contributed by atoms with Gasteiger partial charge in [0, 0.05) is 38.9 Å². The van der Waals surface area contributed by atoms with Crippen molar-refractivity contribution in [2.24, 2.45) is 5.92 Å². The normalized spacial score (nSPS) is 25.5. The lowest BCUT2D eigenvalue weighted by Crippen LogP contribution is -2.44. The third-order valence-electron chi connectivity index (χ3n) is 4.11. The van der Waals surface area contributed by atoms with Crippen LogP contribution in [0.1, 0.15) is 12.8 Å². The maximum Gasteiger partial charge on any atom is 0.128 e. The van der Waals surface area contributed by atoms with E-state index in [1.54, 1.807) is 0 Å². The summed E-state index contributed by atoms with van der Waals surface area (Å²) in [6.07, 6.45) is 4.52. The van der Waals surface area contributed by atoms with Crippen LogP contribution in [0.15, 0.2) is 24.4 Å². The van der Waals surface area contributed by atoms with Gasteiger partial charge in [0.15, 0.2) is 0 Å². The molecule has 3 rings (SSSR count). The zero-order chi connectivity index (χ0) is 12.9. The highest BCUT2D eigenvalue weighted by Crippen LogP contribution is 2.22. The molecule has 1 aromatic heterocycles. The van der Waals surface area contributed by atoms with E-state index in [9.17, 15) is 0 Å². The lowest BCUT2D eigenvalue weighted by molar-refractivity contribution is 0.0296. The quantitative estimate of drug-likeness (QED) is 0.827. The van der Waals surface area contributed by atoms with Gasteiger partial charge in [-0.05, 0) is 30.9 Å². The Kier molecular flexibility index (Phi) is 4.30. The Hall–Kier alpha value is -1.13. The monoisotopic (exact) mass is 261 g/mol. The number of anilines is 1. The van der Waals surface area contributed by atoms with Crippen LogP contribution < -0.4 is 4.90 Å². The molecule has 0 aromatic carbocycles. The van der Waals surface area contributed by atoms with Crippen molar-refractivity contribution in [1.82, 2.24) is 9.88 Å². The Balaban J connectivity index is 1.55. The average molecular weight is 261 g/mol. The zero-order valence-corrected chi connectivity index (χ0v) is 11.5. The Labute approximate surface area is 115 Å². The maximum atomic E-state index is 5.42. The number of pyridine rings is 1. The van der Waals surface area contributed by atoms with Crippen molar-refractivity contribution in [1.29, 1.82) is 0 Å². The van der Waals surface area contributed by atoms with Crippen LogP contribution in [0.2, 0.25) is 0 Å². The van der Waals surface area contributed by atoms with Crippen LogP contribution >= 0.6 is 0 Å². The molecule has 2 saturated heterocycles. The van der Waals surface area contributed by atoms with Gasteiger partial charge < -0.3 is 9.64 Å². The van der Waals surface area contributed by atoms with Crippen molar-refractivity contribution in [3.63, 3.8) is 0 Å². The van der Waals surface area contributed by atoms with Gasteiger partial charge in [-0.3, -0.25) is 4.90 Å². The van der Waals surface area contributed by atoms with Crippen molar-refractivity contribution in [3.05, 3.63) is 24.4 Å². The van der Waals surface area contributed by atoms with Crippen molar-refractivity contribution in [3.8, 4) is 0 Å². The summed E-state index contributed by atoms with van der Waals surface area (Å²) in [7, 11) is 0. The molecule has 4 heteroatoms. The van der Waals surface area contributed by atoms with E-state index < -0.39 is 0 Å². The molecule has 0 N–H and O–H groups in total. The minimum atomic E-state index is 0.772. The Bertz CT molecular complexity index is 378. The number of nitrogens with zero attached hydrogens (tertiary/aromatic N) is 3. The van der Waals surface area contributed by atoms with Gasteiger partial charge in [0.25, 0.3) is 0 Å². The molecule has 1 aromatic rings. The molecule has 1 atom stereocenters. The molecule has 0 bridgehead atoms. The fraction of sp³-hybridized carbons (Fsp3) is 0.667. The summed E-state index contributed by atoms with van der Waals surface area (Å²) in [5, 5.41) is 0. The fourth-order valence-corrected chi connectivity index (χ4v) is 3.11. The number of rotatable bonds is 3. The van der Waals surface area contributed by atoms with Crippen LogP contribution in [0.5, 0.6) is 0 Å². The SMILES string of the molecule is c1ccc(N2CCCC(CN3CCOCC3)C2)nc1. The lowest BCUT2D eigenvalue weighted by atomic mass is 9.97. The van der Waals surface area contributed by atoms with E-state index in [2.05, 4.69) is 26.9 Å². The van der Waals surface area contributed by atoms with Gasteiger partial charge in [0.05, 0.1) is 13.2 Å². The molecule has 2 aliphatic rings. The van der Waals surface area contributed by atoms with E-state index in [1.807, 2.05) is 12.3 Å². The molecular weight excluding hydrogens is 238 g/mol. The van der Waals surface area contributed by atoms with Crippen molar-refractivity contribution in [2.45, 2.75) is 12.8 Å². The van der Waals surface area contributed by atoms with Crippen LogP contribution in [-0.2, 0) is 4.74 Å². The number of hydrogen-bond donors (Lipinski definition) is 0. The van der Waals surface area contributed by atoms with E-state index in [1.165, 1.54) is 19.4 Å². The van der Waals surface area contributed by atoms with E-state index in [-0.39, 0.29) is 0 Å². The fourth-order valence-electron chi connectivity index (χ4n) is 3.11. The minimum absolute atomic E-state index is 0.772. The summed E-state index contributed by atoms with van der Waals surface area (Å²) < 4.78 is 5.42. The topological polar surface area (TPSA) is 28.6 Å². The average Bonchev–Trinajstić information content (AvgIpc) is 2.49. The van der Waals surface area contributed by atoms with Crippen LogP contribution in [0.4, 0.5) is 5.82 Å². The second-order valence-corrected chi connectivity index (χ2v) is 5.56. The Morgan fingerprint density at radius 3 is 2.89 bits per heavy atom. The summed E-state index contributed by atoms with van der Waals surface area (Å²) in [4.78, 5) is 9.47. The smallest absolute Gasteiger partial charge is 0.128 e. The molecule has 2 fully saturated rings. The third-order valence-corrected chi connectivity index (χ3v) is 4.11.